The van der Waals surface area contributed by atoms with Gasteiger partial charge < -0.3 is 5.32 Å². The van der Waals surface area contributed by atoms with E-state index in [2.05, 4.69) is 10.4 Å². The Balaban J connectivity index is 1.49. The van der Waals surface area contributed by atoms with Gasteiger partial charge >= 0.3 is 0 Å². The molecule has 0 bridgehead atoms. The van der Waals surface area contributed by atoms with Crippen molar-refractivity contribution in [3.05, 3.63) is 68.9 Å². The molecule has 0 atom stereocenters. The fourth-order valence-electron chi connectivity index (χ4n) is 2.24. The van der Waals surface area contributed by atoms with Gasteiger partial charge in [0.05, 0.1) is 11.4 Å². The van der Waals surface area contributed by atoms with Crippen molar-refractivity contribution < 1.29 is 9.18 Å². The van der Waals surface area contributed by atoms with Crippen LogP contribution < -0.4 is 5.32 Å². The van der Waals surface area contributed by atoms with Crippen molar-refractivity contribution >= 4 is 52.8 Å². The van der Waals surface area contributed by atoms with Gasteiger partial charge in [0.1, 0.15) is 5.82 Å². The average molecular weight is 440 g/mol. The molecule has 0 aliphatic rings. The van der Waals surface area contributed by atoms with Gasteiger partial charge in [0, 0.05) is 11.6 Å². The number of halogens is 2. The predicted molar refractivity (Wildman–Crippen MR) is 111 cm³/mol. The highest BCUT2D eigenvalue weighted by molar-refractivity contribution is 8.01. The third-order valence-corrected chi connectivity index (χ3v) is 6.19. The smallest absolute Gasteiger partial charge is 0.230 e. The molecule has 1 aromatic heterocycles. The Bertz CT molecular complexity index is 971. The number of amides is 1. The van der Waals surface area contributed by atoms with E-state index in [4.69, 9.17) is 23.8 Å². The van der Waals surface area contributed by atoms with E-state index in [1.807, 2.05) is 24.3 Å². The summed E-state index contributed by atoms with van der Waals surface area (Å²) in [5.41, 5.74) is 1.81. The molecule has 0 saturated carbocycles. The first kappa shape index (κ1) is 20.0. The summed E-state index contributed by atoms with van der Waals surface area (Å²) in [4.78, 5) is 12.0. The van der Waals surface area contributed by atoms with Crippen LogP contribution in [0, 0.1) is 9.77 Å². The van der Waals surface area contributed by atoms with E-state index in [1.165, 1.54) is 35.2 Å². The van der Waals surface area contributed by atoms with Crippen LogP contribution in [0.5, 0.6) is 0 Å². The van der Waals surface area contributed by atoms with Gasteiger partial charge in [0.25, 0.3) is 0 Å². The molecule has 1 N–H and O–H groups in total. The molecule has 0 unspecified atom stereocenters. The first-order valence-electron chi connectivity index (χ1n) is 8.01. The predicted octanol–water partition coefficient (Wildman–Crippen LogP) is 4.91. The van der Waals surface area contributed by atoms with Gasteiger partial charge in [0.2, 0.25) is 5.91 Å². The summed E-state index contributed by atoms with van der Waals surface area (Å²) in [6.45, 7) is 0.556. The Hall–Kier alpha value is -1.74. The molecule has 0 aliphatic heterocycles. The van der Waals surface area contributed by atoms with Crippen molar-refractivity contribution in [2.75, 3.05) is 12.3 Å². The molecular weight excluding hydrogens is 425 g/mol. The Morgan fingerprint density at radius 3 is 2.63 bits per heavy atom. The number of thioether (sulfide) groups is 1. The van der Waals surface area contributed by atoms with E-state index < -0.39 is 0 Å². The number of nitrogens with zero attached hydrogens (tertiary/aromatic N) is 2. The molecule has 140 valence electrons. The topological polar surface area (TPSA) is 46.9 Å². The lowest BCUT2D eigenvalue weighted by molar-refractivity contribution is -0.118. The minimum Gasteiger partial charge on any atom is -0.355 e. The highest BCUT2D eigenvalue weighted by Crippen LogP contribution is 2.24. The van der Waals surface area contributed by atoms with Gasteiger partial charge in [-0.2, -0.15) is 0 Å². The van der Waals surface area contributed by atoms with E-state index in [0.29, 0.717) is 25.5 Å². The quantitative estimate of drug-likeness (QED) is 0.420. The highest BCUT2D eigenvalue weighted by Gasteiger charge is 2.09. The zero-order valence-corrected chi connectivity index (χ0v) is 17.2. The molecule has 0 aliphatic carbocycles. The number of carbonyl (C=O) groups is 1. The minimum absolute atomic E-state index is 0.0663. The second kappa shape index (κ2) is 9.45. The van der Waals surface area contributed by atoms with Crippen LogP contribution in [0.1, 0.15) is 5.56 Å². The zero-order chi connectivity index (χ0) is 19.2. The fraction of sp³-hybridized carbons (Fsp3) is 0.167. The molecule has 1 amide bonds. The van der Waals surface area contributed by atoms with Gasteiger partial charge in [-0.3, -0.25) is 4.79 Å². The summed E-state index contributed by atoms with van der Waals surface area (Å²) >= 11 is 13.8. The number of benzene rings is 2. The van der Waals surface area contributed by atoms with Crippen LogP contribution >= 0.6 is 46.9 Å². The molecular formula is C18H15ClFN3OS3. The van der Waals surface area contributed by atoms with Crippen LogP contribution in [0.4, 0.5) is 4.39 Å². The standard InChI is InChI=1S/C18H15ClFN3OS3/c19-13-3-1-12(2-4-13)9-10-21-16(24)11-26-17-22-23(18(25)27-17)15-7-5-14(20)6-8-15/h1-8H,9-11H2,(H,21,24). The Labute approximate surface area is 174 Å². The van der Waals surface area contributed by atoms with E-state index in [1.54, 1.807) is 16.8 Å². The van der Waals surface area contributed by atoms with Crippen LogP contribution in [0.3, 0.4) is 0 Å². The summed E-state index contributed by atoms with van der Waals surface area (Å²) < 4.78 is 15.8. The second-order valence-electron chi connectivity index (χ2n) is 5.54. The Morgan fingerprint density at radius 1 is 1.22 bits per heavy atom. The number of rotatable bonds is 7. The fourth-order valence-corrected chi connectivity index (χ4v) is 4.56. The van der Waals surface area contributed by atoms with Crippen LogP contribution in [0.25, 0.3) is 5.69 Å². The Morgan fingerprint density at radius 2 is 1.93 bits per heavy atom. The van der Waals surface area contributed by atoms with E-state index in [0.717, 1.165) is 12.0 Å². The van der Waals surface area contributed by atoms with E-state index >= 15 is 0 Å². The van der Waals surface area contributed by atoms with Gasteiger partial charge in [-0.05, 0) is 60.6 Å². The maximum atomic E-state index is 13.0. The van der Waals surface area contributed by atoms with Crippen LogP contribution in [0.2, 0.25) is 5.02 Å². The van der Waals surface area contributed by atoms with Crippen molar-refractivity contribution in [3.8, 4) is 5.69 Å². The summed E-state index contributed by atoms with van der Waals surface area (Å²) in [6.07, 6.45) is 0.742. The zero-order valence-electron chi connectivity index (χ0n) is 14.0. The normalized spacial score (nSPS) is 10.7. The van der Waals surface area contributed by atoms with Crippen LogP contribution in [-0.2, 0) is 11.2 Å². The number of aromatic nitrogens is 2. The molecule has 27 heavy (non-hydrogen) atoms. The van der Waals surface area contributed by atoms with Crippen molar-refractivity contribution in [2.24, 2.45) is 0 Å². The summed E-state index contributed by atoms with van der Waals surface area (Å²) in [5, 5.41) is 7.98. The van der Waals surface area contributed by atoms with Crippen LogP contribution in [-0.4, -0.2) is 28.0 Å². The molecule has 3 rings (SSSR count). The van der Waals surface area contributed by atoms with Crippen molar-refractivity contribution in [2.45, 2.75) is 10.8 Å². The molecule has 4 nitrogen and oxygen atoms in total. The molecule has 2 aromatic carbocycles. The maximum Gasteiger partial charge on any atom is 0.230 e. The second-order valence-corrected chi connectivity index (χ2v) is 8.82. The summed E-state index contributed by atoms with van der Waals surface area (Å²) in [6, 6.07) is 13.5. The molecule has 0 spiro atoms. The summed E-state index contributed by atoms with van der Waals surface area (Å²) in [7, 11) is 0. The lowest BCUT2D eigenvalue weighted by atomic mass is 10.1. The van der Waals surface area contributed by atoms with Gasteiger partial charge in [-0.25, -0.2) is 9.07 Å². The molecule has 3 aromatic rings. The number of hydrogen-bond donors (Lipinski definition) is 1. The van der Waals surface area contributed by atoms with E-state index in [9.17, 15) is 9.18 Å². The van der Waals surface area contributed by atoms with Crippen molar-refractivity contribution in [1.29, 1.82) is 0 Å². The number of nitrogens with one attached hydrogen (secondary N) is 1. The monoisotopic (exact) mass is 439 g/mol. The summed E-state index contributed by atoms with van der Waals surface area (Å²) in [5.74, 6) is -0.124. The largest absolute Gasteiger partial charge is 0.355 e. The highest BCUT2D eigenvalue weighted by atomic mass is 35.5. The molecule has 0 radical (unpaired) electrons. The first-order valence-corrected chi connectivity index (χ1v) is 10.6. The number of carbonyl (C=O) groups excluding carboxylic acids is 1. The van der Waals surface area contributed by atoms with Crippen molar-refractivity contribution in [1.82, 2.24) is 15.1 Å². The van der Waals surface area contributed by atoms with E-state index in [-0.39, 0.29) is 17.5 Å². The van der Waals surface area contributed by atoms with Crippen molar-refractivity contribution in [3.63, 3.8) is 0 Å². The van der Waals surface area contributed by atoms with Gasteiger partial charge in [-0.15, -0.1) is 5.10 Å². The molecule has 9 heteroatoms. The third kappa shape index (κ3) is 5.87. The first-order chi connectivity index (χ1) is 13.0. The molecule has 0 fully saturated rings. The average Bonchev–Trinajstić information content (AvgIpc) is 3.03. The van der Waals surface area contributed by atoms with Gasteiger partial charge in [0.15, 0.2) is 8.29 Å². The third-order valence-electron chi connectivity index (χ3n) is 3.58. The minimum atomic E-state index is -0.314. The SMILES string of the molecule is O=C(CSc1nn(-c2ccc(F)cc2)c(=S)s1)NCCc1ccc(Cl)cc1. The maximum absolute atomic E-state index is 13.0. The van der Waals surface area contributed by atoms with Gasteiger partial charge in [-0.1, -0.05) is 46.8 Å². The Kier molecular flexibility index (Phi) is 7.01. The molecule has 1 heterocycles. The molecule has 0 saturated heterocycles. The lowest BCUT2D eigenvalue weighted by Gasteiger charge is -2.04. The number of hydrogen-bond acceptors (Lipinski definition) is 5. The lowest BCUT2D eigenvalue weighted by Crippen LogP contribution is -2.27. The van der Waals surface area contributed by atoms with Crippen LogP contribution in [0.15, 0.2) is 52.9 Å².